The number of nitrogens with zero attached hydrogens (tertiary/aromatic N) is 1. The van der Waals surface area contributed by atoms with Crippen molar-refractivity contribution in [3.63, 3.8) is 0 Å². The second-order valence-corrected chi connectivity index (χ2v) is 5.69. The Bertz CT molecular complexity index is 662. The molecule has 0 atom stereocenters. The average molecular weight is 356 g/mol. The molecule has 0 saturated heterocycles. The topological polar surface area (TPSA) is 55.2 Å². The highest BCUT2D eigenvalue weighted by Gasteiger charge is 2.13. The van der Waals surface area contributed by atoms with Crippen molar-refractivity contribution in [1.29, 1.82) is 0 Å². The molecule has 20 heavy (non-hydrogen) atoms. The first kappa shape index (κ1) is 14.8. The van der Waals surface area contributed by atoms with Crippen molar-refractivity contribution in [2.45, 2.75) is 13.5 Å². The van der Waals surface area contributed by atoms with E-state index in [0.717, 1.165) is 15.7 Å². The van der Waals surface area contributed by atoms with Crippen molar-refractivity contribution in [1.82, 2.24) is 0 Å². The maximum Gasteiger partial charge on any atom is 0.274 e. The summed E-state index contributed by atoms with van der Waals surface area (Å²) in [5.41, 5.74) is 2.51. The Balaban J connectivity index is 2.22. The lowest BCUT2D eigenvalue weighted by atomic mass is 10.1. The normalized spacial score (nSPS) is 10.3. The molecule has 0 aliphatic carbocycles. The van der Waals surface area contributed by atoms with Gasteiger partial charge in [0.15, 0.2) is 0 Å². The van der Waals surface area contributed by atoms with Crippen LogP contribution < -0.4 is 5.32 Å². The van der Waals surface area contributed by atoms with E-state index in [0.29, 0.717) is 17.1 Å². The van der Waals surface area contributed by atoms with E-state index in [2.05, 4.69) is 21.2 Å². The highest BCUT2D eigenvalue weighted by molar-refractivity contribution is 9.10. The molecule has 6 heteroatoms. The molecule has 1 N–H and O–H groups in total. The smallest absolute Gasteiger partial charge is 0.274 e. The summed E-state index contributed by atoms with van der Waals surface area (Å²) in [4.78, 5) is 10.6. The SMILES string of the molecule is Cc1ccc(NCc2cc(Br)ccc2[N+](=O)[O-])c(Cl)c1. The van der Waals surface area contributed by atoms with E-state index in [1.807, 2.05) is 25.1 Å². The van der Waals surface area contributed by atoms with Gasteiger partial charge in [0.2, 0.25) is 0 Å². The minimum absolute atomic E-state index is 0.0870. The highest BCUT2D eigenvalue weighted by Crippen LogP contribution is 2.27. The van der Waals surface area contributed by atoms with Gasteiger partial charge >= 0.3 is 0 Å². The number of rotatable bonds is 4. The molecule has 0 saturated carbocycles. The van der Waals surface area contributed by atoms with Gasteiger partial charge in [0.05, 0.1) is 15.6 Å². The van der Waals surface area contributed by atoms with E-state index in [1.54, 1.807) is 12.1 Å². The number of nitrogens with one attached hydrogen (secondary N) is 1. The lowest BCUT2D eigenvalue weighted by molar-refractivity contribution is -0.385. The lowest BCUT2D eigenvalue weighted by Crippen LogP contribution is -2.03. The summed E-state index contributed by atoms with van der Waals surface area (Å²) in [6, 6.07) is 10.5. The van der Waals surface area contributed by atoms with Gasteiger partial charge in [0, 0.05) is 22.6 Å². The fraction of sp³-hybridized carbons (Fsp3) is 0.143. The molecule has 0 aliphatic heterocycles. The number of nitro benzene ring substituents is 1. The maximum absolute atomic E-state index is 11.0. The number of hydrogen-bond donors (Lipinski definition) is 1. The van der Waals surface area contributed by atoms with Gasteiger partial charge in [-0.15, -0.1) is 0 Å². The van der Waals surface area contributed by atoms with Crippen LogP contribution in [0.3, 0.4) is 0 Å². The number of anilines is 1. The Labute approximate surface area is 130 Å². The summed E-state index contributed by atoms with van der Waals surface area (Å²) in [7, 11) is 0. The molecule has 2 rings (SSSR count). The number of benzene rings is 2. The van der Waals surface area contributed by atoms with Gasteiger partial charge < -0.3 is 5.32 Å². The Morgan fingerprint density at radius 3 is 2.70 bits per heavy atom. The van der Waals surface area contributed by atoms with Gasteiger partial charge in [0.25, 0.3) is 5.69 Å². The Morgan fingerprint density at radius 2 is 2.05 bits per heavy atom. The number of nitro groups is 1. The third-order valence-corrected chi connectivity index (χ3v) is 3.64. The summed E-state index contributed by atoms with van der Waals surface area (Å²) < 4.78 is 0.801. The van der Waals surface area contributed by atoms with Gasteiger partial charge in [-0.25, -0.2) is 0 Å². The fourth-order valence-electron chi connectivity index (χ4n) is 1.83. The van der Waals surface area contributed by atoms with Crippen LogP contribution in [0.1, 0.15) is 11.1 Å². The zero-order valence-corrected chi connectivity index (χ0v) is 13.0. The third kappa shape index (κ3) is 3.49. The van der Waals surface area contributed by atoms with Crippen LogP contribution in [0.25, 0.3) is 0 Å². The Morgan fingerprint density at radius 1 is 1.30 bits per heavy atom. The third-order valence-electron chi connectivity index (χ3n) is 2.83. The molecule has 0 fully saturated rings. The first-order valence-corrected chi connectivity index (χ1v) is 7.07. The van der Waals surface area contributed by atoms with Gasteiger partial charge in [-0.05, 0) is 36.8 Å². The molecule has 0 aromatic heterocycles. The minimum atomic E-state index is -0.389. The van der Waals surface area contributed by atoms with Crippen molar-refractivity contribution in [2.24, 2.45) is 0 Å². The predicted molar refractivity (Wildman–Crippen MR) is 84.3 cm³/mol. The first-order valence-electron chi connectivity index (χ1n) is 5.90. The van der Waals surface area contributed by atoms with Crippen molar-refractivity contribution >= 4 is 38.9 Å². The van der Waals surface area contributed by atoms with Gasteiger partial charge in [-0.3, -0.25) is 10.1 Å². The molecule has 0 bridgehead atoms. The molecule has 0 spiro atoms. The summed E-state index contributed by atoms with van der Waals surface area (Å²) >= 11 is 9.44. The molecule has 4 nitrogen and oxygen atoms in total. The summed E-state index contributed by atoms with van der Waals surface area (Å²) in [5.74, 6) is 0. The average Bonchev–Trinajstić information content (AvgIpc) is 2.37. The van der Waals surface area contributed by atoms with Crippen molar-refractivity contribution < 1.29 is 4.92 Å². The molecule has 0 unspecified atom stereocenters. The molecular weight excluding hydrogens is 344 g/mol. The van der Waals surface area contributed by atoms with E-state index in [4.69, 9.17) is 11.6 Å². The molecular formula is C14H12BrClN2O2. The van der Waals surface area contributed by atoms with E-state index in [9.17, 15) is 10.1 Å². The minimum Gasteiger partial charge on any atom is -0.379 e. The number of halogens is 2. The van der Waals surface area contributed by atoms with Crippen LogP contribution in [-0.4, -0.2) is 4.92 Å². The second kappa shape index (κ2) is 6.24. The quantitative estimate of drug-likeness (QED) is 0.625. The van der Waals surface area contributed by atoms with Crippen LogP contribution in [0.5, 0.6) is 0 Å². The van der Waals surface area contributed by atoms with Crippen molar-refractivity contribution in [2.75, 3.05) is 5.32 Å². The fourth-order valence-corrected chi connectivity index (χ4v) is 2.54. The van der Waals surface area contributed by atoms with Crippen LogP contribution in [0.15, 0.2) is 40.9 Å². The summed E-state index contributed by atoms with van der Waals surface area (Å²) in [5, 5.41) is 14.7. The van der Waals surface area contributed by atoms with Crippen molar-refractivity contribution in [3.05, 3.63) is 67.1 Å². The van der Waals surface area contributed by atoms with Gasteiger partial charge in [-0.2, -0.15) is 0 Å². The van der Waals surface area contributed by atoms with E-state index in [1.165, 1.54) is 6.07 Å². The zero-order valence-electron chi connectivity index (χ0n) is 10.7. The van der Waals surface area contributed by atoms with E-state index in [-0.39, 0.29) is 10.6 Å². The van der Waals surface area contributed by atoms with E-state index < -0.39 is 0 Å². The monoisotopic (exact) mass is 354 g/mol. The highest BCUT2D eigenvalue weighted by atomic mass is 79.9. The molecule has 0 radical (unpaired) electrons. The zero-order chi connectivity index (χ0) is 14.7. The summed E-state index contributed by atoms with van der Waals surface area (Å²) in [6.07, 6.45) is 0. The van der Waals surface area contributed by atoms with Gasteiger partial charge in [0.1, 0.15) is 0 Å². The summed E-state index contributed by atoms with van der Waals surface area (Å²) in [6.45, 7) is 2.29. The van der Waals surface area contributed by atoms with Gasteiger partial charge in [-0.1, -0.05) is 33.6 Å². The largest absolute Gasteiger partial charge is 0.379 e. The molecule has 0 amide bonds. The number of hydrogen-bond acceptors (Lipinski definition) is 3. The Kier molecular flexibility index (Phi) is 4.62. The molecule has 2 aromatic carbocycles. The predicted octanol–water partition coefficient (Wildman–Crippen LogP) is 4.93. The maximum atomic E-state index is 11.0. The lowest BCUT2D eigenvalue weighted by Gasteiger charge is -2.10. The van der Waals surface area contributed by atoms with Crippen LogP contribution in [0, 0.1) is 17.0 Å². The number of aryl methyl sites for hydroxylation is 1. The van der Waals surface area contributed by atoms with Crippen LogP contribution in [0.2, 0.25) is 5.02 Å². The molecule has 0 heterocycles. The van der Waals surface area contributed by atoms with Crippen LogP contribution in [0.4, 0.5) is 11.4 Å². The molecule has 0 aliphatic rings. The second-order valence-electron chi connectivity index (χ2n) is 4.37. The Hall–Kier alpha value is -1.59. The standard InChI is InChI=1S/C14H12BrClN2O2/c1-9-2-4-13(12(16)6-9)17-8-10-7-11(15)3-5-14(10)18(19)20/h2-7,17H,8H2,1H3. The van der Waals surface area contributed by atoms with E-state index >= 15 is 0 Å². The molecule has 2 aromatic rings. The van der Waals surface area contributed by atoms with Crippen molar-refractivity contribution in [3.8, 4) is 0 Å². The van der Waals surface area contributed by atoms with Crippen LogP contribution >= 0.6 is 27.5 Å². The van der Waals surface area contributed by atoms with Crippen LogP contribution in [-0.2, 0) is 6.54 Å². The molecule has 104 valence electrons. The first-order chi connectivity index (χ1) is 9.47.